The molecule has 1 fully saturated rings. The zero-order chi connectivity index (χ0) is 20.0. The predicted molar refractivity (Wildman–Crippen MR) is 110 cm³/mol. The Bertz CT molecular complexity index is 629. The van der Waals surface area contributed by atoms with E-state index in [0.29, 0.717) is 24.8 Å². The molecule has 0 bridgehead atoms. The highest BCUT2D eigenvalue weighted by Crippen LogP contribution is 2.30. The van der Waals surface area contributed by atoms with Crippen molar-refractivity contribution in [1.29, 1.82) is 0 Å². The number of benzene rings is 1. The summed E-state index contributed by atoms with van der Waals surface area (Å²) in [6, 6.07) is 7.75. The van der Waals surface area contributed by atoms with Crippen LogP contribution in [0.1, 0.15) is 64.2 Å². The number of aliphatic carboxylic acids is 1. The summed E-state index contributed by atoms with van der Waals surface area (Å²) < 4.78 is 5.73. The van der Waals surface area contributed by atoms with Gasteiger partial charge >= 0.3 is 5.97 Å². The molecule has 7 nitrogen and oxygen atoms in total. The van der Waals surface area contributed by atoms with Crippen molar-refractivity contribution in [2.24, 2.45) is 11.0 Å². The van der Waals surface area contributed by atoms with Crippen molar-refractivity contribution >= 4 is 11.7 Å². The number of carbonyl (C=O) groups is 1. The van der Waals surface area contributed by atoms with Gasteiger partial charge in [0.2, 0.25) is 0 Å². The van der Waals surface area contributed by atoms with Crippen molar-refractivity contribution in [2.45, 2.75) is 70.3 Å². The molecule has 1 aromatic rings. The van der Waals surface area contributed by atoms with Gasteiger partial charge in [0.05, 0.1) is 6.61 Å². The summed E-state index contributed by atoms with van der Waals surface area (Å²) in [4.78, 5) is 13.3. The number of nitrogens with zero attached hydrogens (tertiary/aromatic N) is 3. The number of nitrogens with one attached hydrogen (secondary N) is 1. The minimum absolute atomic E-state index is 0.299. The van der Waals surface area contributed by atoms with E-state index in [4.69, 9.17) is 15.4 Å². The molecule has 7 heteroatoms. The summed E-state index contributed by atoms with van der Waals surface area (Å²) in [5.74, 6) is 0.862. The van der Waals surface area contributed by atoms with Gasteiger partial charge in [-0.15, -0.1) is 0 Å². The molecular weight excluding hydrogens is 356 g/mol. The molecule has 0 spiro atoms. The number of hydrogen-bond donors (Lipinski definition) is 2. The van der Waals surface area contributed by atoms with Crippen LogP contribution in [0.15, 0.2) is 29.4 Å². The van der Waals surface area contributed by atoms with Crippen LogP contribution in [0, 0.1) is 5.92 Å². The highest BCUT2D eigenvalue weighted by atomic mass is 16.5. The van der Waals surface area contributed by atoms with Gasteiger partial charge in [0, 0.05) is 23.1 Å². The molecule has 1 aromatic carbocycles. The van der Waals surface area contributed by atoms with Crippen molar-refractivity contribution in [3.05, 3.63) is 34.7 Å². The maximum absolute atomic E-state index is 10.5. The quantitative estimate of drug-likeness (QED) is 0.188. The second-order valence-corrected chi connectivity index (χ2v) is 7.48. The first-order valence-corrected chi connectivity index (χ1v) is 10.4. The minimum Gasteiger partial charge on any atom is -0.494 e. The third-order valence-electron chi connectivity index (χ3n) is 5.37. The predicted octanol–water partition coefficient (Wildman–Crippen LogP) is 5.58. The molecular formula is C21H32N4O3. The highest BCUT2D eigenvalue weighted by molar-refractivity contribution is 5.66. The Kier molecular flexibility index (Phi) is 10.3. The lowest BCUT2D eigenvalue weighted by molar-refractivity contribution is -0.137. The molecule has 0 aliphatic heterocycles. The smallest absolute Gasteiger partial charge is 0.303 e. The van der Waals surface area contributed by atoms with Gasteiger partial charge in [-0.05, 0) is 74.4 Å². The standard InChI is InChI=1S/C21H32N4O3/c22-25-24-18-11-13-19(14-12-18)28-16-6-15-23-20-9-5-8-17(20)7-3-1-2-4-10-21(26)27/h11-14,17,20,23H,1-10,15-16H2,(H,26,27). The molecule has 2 atom stereocenters. The second kappa shape index (κ2) is 13.0. The fraction of sp³-hybridized carbons (Fsp3) is 0.667. The first-order chi connectivity index (χ1) is 13.7. The average molecular weight is 389 g/mol. The molecule has 0 aromatic heterocycles. The topological polar surface area (TPSA) is 107 Å². The van der Waals surface area contributed by atoms with Crippen LogP contribution in [-0.2, 0) is 4.79 Å². The number of azide groups is 1. The largest absolute Gasteiger partial charge is 0.494 e. The number of unbranched alkanes of at least 4 members (excludes halogenated alkanes) is 3. The van der Waals surface area contributed by atoms with Gasteiger partial charge in [-0.25, -0.2) is 0 Å². The molecule has 0 heterocycles. The van der Waals surface area contributed by atoms with Crippen LogP contribution in [0.3, 0.4) is 0 Å². The van der Waals surface area contributed by atoms with E-state index in [1.54, 1.807) is 12.1 Å². The monoisotopic (exact) mass is 388 g/mol. The maximum Gasteiger partial charge on any atom is 0.303 e. The molecule has 2 N–H and O–H groups in total. The fourth-order valence-electron chi connectivity index (χ4n) is 3.90. The van der Waals surface area contributed by atoms with Gasteiger partial charge in [0.1, 0.15) is 5.75 Å². The molecule has 1 saturated carbocycles. The summed E-state index contributed by atoms with van der Waals surface area (Å²) in [5.41, 5.74) is 8.99. The summed E-state index contributed by atoms with van der Waals surface area (Å²) in [5, 5.41) is 15.9. The lowest BCUT2D eigenvalue weighted by Gasteiger charge is -2.21. The Morgan fingerprint density at radius 3 is 2.71 bits per heavy atom. The summed E-state index contributed by atoms with van der Waals surface area (Å²) >= 11 is 0. The van der Waals surface area contributed by atoms with Crippen molar-refractivity contribution in [2.75, 3.05) is 13.2 Å². The minimum atomic E-state index is -0.686. The van der Waals surface area contributed by atoms with E-state index in [-0.39, 0.29) is 0 Å². The highest BCUT2D eigenvalue weighted by Gasteiger charge is 2.25. The summed E-state index contributed by atoms with van der Waals surface area (Å²) in [6.45, 7) is 1.62. The summed E-state index contributed by atoms with van der Waals surface area (Å²) in [7, 11) is 0. The Labute approximate surface area is 167 Å². The van der Waals surface area contributed by atoms with Gasteiger partial charge in [0.15, 0.2) is 0 Å². The van der Waals surface area contributed by atoms with Gasteiger partial charge in [-0.1, -0.05) is 30.8 Å². The van der Waals surface area contributed by atoms with Crippen LogP contribution in [0.5, 0.6) is 5.75 Å². The molecule has 2 unspecified atom stereocenters. The lowest BCUT2D eigenvalue weighted by Crippen LogP contribution is -2.33. The van der Waals surface area contributed by atoms with E-state index in [0.717, 1.165) is 43.9 Å². The zero-order valence-corrected chi connectivity index (χ0v) is 16.6. The third-order valence-corrected chi connectivity index (χ3v) is 5.37. The second-order valence-electron chi connectivity index (χ2n) is 7.48. The number of carboxylic acid groups (broad SMARTS) is 1. The number of rotatable bonds is 14. The number of ether oxygens (including phenoxy) is 1. The van der Waals surface area contributed by atoms with Crippen molar-refractivity contribution in [1.82, 2.24) is 5.32 Å². The normalized spacial score (nSPS) is 18.6. The van der Waals surface area contributed by atoms with Crippen LogP contribution < -0.4 is 10.1 Å². The Hall–Kier alpha value is -2.24. The van der Waals surface area contributed by atoms with Crippen molar-refractivity contribution in [3.8, 4) is 5.75 Å². The van der Waals surface area contributed by atoms with E-state index in [2.05, 4.69) is 15.3 Å². The maximum atomic E-state index is 10.5. The van der Waals surface area contributed by atoms with Crippen molar-refractivity contribution in [3.63, 3.8) is 0 Å². The van der Waals surface area contributed by atoms with E-state index >= 15 is 0 Å². The van der Waals surface area contributed by atoms with Crippen LogP contribution >= 0.6 is 0 Å². The van der Waals surface area contributed by atoms with Gasteiger partial charge in [0.25, 0.3) is 0 Å². The van der Waals surface area contributed by atoms with Crippen LogP contribution in [0.4, 0.5) is 5.69 Å². The average Bonchev–Trinajstić information content (AvgIpc) is 3.13. The fourth-order valence-corrected chi connectivity index (χ4v) is 3.90. The first kappa shape index (κ1) is 22.1. The van der Waals surface area contributed by atoms with E-state index in [1.807, 2.05) is 12.1 Å². The van der Waals surface area contributed by atoms with Crippen molar-refractivity contribution < 1.29 is 14.6 Å². The molecule has 154 valence electrons. The van der Waals surface area contributed by atoms with E-state index in [1.165, 1.54) is 32.1 Å². The molecule has 2 rings (SSSR count). The van der Waals surface area contributed by atoms with Gasteiger partial charge in [-0.3, -0.25) is 4.79 Å². The lowest BCUT2D eigenvalue weighted by atomic mass is 9.95. The molecule has 1 aliphatic carbocycles. The first-order valence-electron chi connectivity index (χ1n) is 10.4. The Morgan fingerprint density at radius 2 is 1.96 bits per heavy atom. The number of hydrogen-bond acceptors (Lipinski definition) is 4. The Morgan fingerprint density at radius 1 is 1.18 bits per heavy atom. The van der Waals surface area contributed by atoms with Gasteiger partial charge < -0.3 is 15.2 Å². The molecule has 0 radical (unpaired) electrons. The zero-order valence-electron chi connectivity index (χ0n) is 16.6. The van der Waals surface area contributed by atoms with Crippen LogP contribution in [-0.4, -0.2) is 30.3 Å². The van der Waals surface area contributed by atoms with Crippen LogP contribution in [0.2, 0.25) is 0 Å². The van der Waals surface area contributed by atoms with E-state index in [9.17, 15) is 4.79 Å². The third kappa shape index (κ3) is 8.63. The molecule has 28 heavy (non-hydrogen) atoms. The molecule has 1 aliphatic rings. The number of carboxylic acids is 1. The molecule has 0 saturated heterocycles. The van der Waals surface area contributed by atoms with E-state index < -0.39 is 5.97 Å². The Balaban J connectivity index is 1.53. The molecule has 0 amide bonds. The summed E-state index contributed by atoms with van der Waals surface area (Å²) in [6.07, 6.45) is 10.5. The van der Waals surface area contributed by atoms with Crippen LogP contribution in [0.25, 0.3) is 10.4 Å². The SMILES string of the molecule is [N-]=[N+]=Nc1ccc(OCCCNC2CCCC2CCCCCCC(=O)O)cc1. The van der Waals surface area contributed by atoms with Gasteiger partial charge in [-0.2, -0.15) is 0 Å².